The van der Waals surface area contributed by atoms with Crippen molar-refractivity contribution in [3.8, 4) is 0 Å². The Balaban J connectivity index is 1.89. The maximum atomic E-state index is 11.4. The number of carbonyl (C=O) groups is 2. The number of carbonyl (C=O) groups excluding carboxylic acids is 2. The van der Waals surface area contributed by atoms with Crippen molar-refractivity contribution >= 4 is 11.8 Å². The Morgan fingerprint density at radius 3 is 3.00 bits per heavy atom. The van der Waals surface area contributed by atoms with Gasteiger partial charge in [0, 0.05) is 19.5 Å². The summed E-state index contributed by atoms with van der Waals surface area (Å²) >= 11 is 0. The maximum absolute atomic E-state index is 11.4. The van der Waals surface area contributed by atoms with Gasteiger partial charge >= 0.3 is 0 Å². The van der Waals surface area contributed by atoms with Gasteiger partial charge in [-0.25, -0.2) is 10.5 Å². The van der Waals surface area contributed by atoms with Crippen LogP contribution in [0.3, 0.4) is 0 Å². The lowest BCUT2D eigenvalue weighted by Crippen LogP contribution is -2.30. The highest BCUT2D eigenvalue weighted by atomic mass is 16.2. The highest BCUT2D eigenvalue weighted by Gasteiger charge is 2.19. The van der Waals surface area contributed by atoms with Gasteiger partial charge in [-0.2, -0.15) is 0 Å². The van der Waals surface area contributed by atoms with E-state index in [1.807, 2.05) is 5.43 Å². The molecule has 8 heteroatoms. The molecule has 1 aromatic heterocycles. The van der Waals surface area contributed by atoms with E-state index in [9.17, 15) is 9.59 Å². The summed E-state index contributed by atoms with van der Waals surface area (Å²) in [6.45, 7) is 1.91. The second kappa shape index (κ2) is 4.91. The van der Waals surface area contributed by atoms with Crippen LogP contribution in [0.4, 0.5) is 0 Å². The highest BCUT2D eigenvalue weighted by molar-refractivity contribution is 5.91. The minimum atomic E-state index is -0.478. The molecule has 2 amide bonds. The fourth-order valence-corrected chi connectivity index (χ4v) is 1.75. The van der Waals surface area contributed by atoms with E-state index in [4.69, 9.17) is 5.84 Å². The van der Waals surface area contributed by atoms with E-state index in [-0.39, 0.29) is 11.6 Å². The predicted octanol–water partition coefficient (Wildman–Crippen LogP) is -1.50. The first-order chi connectivity index (χ1) is 8.20. The van der Waals surface area contributed by atoms with Crippen molar-refractivity contribution in [3.05, 3.63) is 11.9 Å². The topological polar surface area (TPSA) is 106 Å². The van der Waals surface area contributed by atoms with E-state index < -0.39 is 5.91 Å². The third kappa shape index (κ3) is 2.59. The molecule has 0 radical (unpaired) electrons. The molecule has 1 aromatic rings. The average Bonchev–Trinajstić information content (AvgIpc) is 2.94. The van der Waals surface area contributed by atoms with Crippen LogP contribution in [0.1, 0.15) is 23.3 Å². The first-order valence-electron chi connectivity index (χ1n) is 5.39. The molecule has 8 nitrogen and oxygen atoms in total. The third-order valence-corrected chi connectivity index (χ3v) is 2.67. The van der Waals surface area contributed by atoms with Crippen LogP contribution < -0.4 is 11.3 Å². The predicted molar refractivity (Wildman–Crippen MR) is 57.5 cm³/mol. The number of nitrogens with two attached hydrogens (primary N) is 1. The van der Waals surface area contributed by atoms with Gasteiger partial charge in [0.15, 0.2) is 5.69 Å². The van der Waals surface area contributed by atoms with Gasteiger partial charge in [0.1, 0.15) is 0 Å². The van der Waals surface area contributed by atoms with Crippen molar-refractivity contribution in [2.75, 3.05) is 13.1 Å². The number of aromatic nitrogens is 3. The average molecular weight is 238 g/mol. The second-order valence-electron chi connectivity index (χ2n) is 3.82. The molecular formula is C9H14N6O2. The fourth-order valence-electron chi connectivity index (χ4n) is 1.75. The number of hydrogen-bond acceptors (Lipinski definition) is 5. The van der Waals surface area contributed by atoms with Gasteiger partial charge in [-0.15, -0.1) is 5.10 Å². The fraction of sp³-hybridized carbons (Fsp3) is 0.556. The van der Waals surface area contributed by atoms with Gasteiger partial charge in [-0.1, -0.05) is 5.21 Å². The van der Waals surface area contributed by atoms with Crippen LogP contribution in [0.25, 0.3) is 0 Å². The van der Waals surface area contributed by atoms with Crippen LogP contribution >= 0.6 is 0 Å². The Labute approximate surface area is 97.7 Å². The largest absolute Gasteiger partial charge is 0.341 e. The minimum absolute atomic E-state index is 0.167. The van der Waals surface area contributed by atoms with Crippen LogP contribution in [0.5, 0.6) is 0 Å². The first-order valence-corrected chi connectivity index (χ1v) is 5.39. The van der Waals surface area contributed by atoms with E-state index >= 15 is 0 Å². The summed E-state index contributed by atoms with van der Waals surface area (Å²) in [5.41, 5.74) is 2.15. The van der Waals surface area contributed by atoms with Crippen LogP contribution in [0.2, 0.25) is 0 Å². The molecule has 0 aliphatic carbocycles. The van der Waals surface area contributed by atoms with Gasteiger partial charge in [0.25, 0.3) is 5.91 Å². The van der Waals surface area contributed by atoms with Crippen molar-refractivity contribution in [2.24, 2.45) is 5.84 Å². The maximum Gasteiger partial charge on any atom is 0.287 e. The van der Waals surface area contributed by atoms with E-state index in [1.165, 1.54) is 10.9 Å². The molecule has 1 fully saturated rings. The molecule has 0 aromatic carbocycles. The lowest BCUT2D eigenvalue weighted by atomic mass is 10.4. The highest BCUT2D eigenvalue weighted by Crippen LogP contribution is 2.08. The number of rotatable bonds is 4. The summed E-state index contributed by atoms with van der Waals surface area (Å²) in [5.74, 6) is 4.67. The molecule has 0 bridgehead atoms. The summed E-state index contributed by atoms with van der Waals surface area (Å²) in [4.78, 5) is 24.3. The molecule has 2 rings (SSSR count). The number of nitrogen functional groups attached to an aromatic ring is 1. The van der Waals surface area contributed by atoms with Gasteiger partial charge < -0.3 is 4.90 Å². The Hall–Kier alpha value is -1.96. The van der Waals surface area contributed by atoms with Crippen LogP contribution in [-0.4, -0.2) is 44.8 Å². The Kier molecular flexibility index (Phi) is 3.33. The molecule has 17 heavy (non-hydrogen) atoms. The molecule has 92 valence electrons. The zero-order valence-corrected chi connectivity index (χ0v) is 9.30. The van der Waals surface area contributed by atoms with Crippen molar-refractivity contribution in [1.29, 1.82) is 0 Å². The normalized spacial score (nSPS) is 15.4. The molecule has 0 unspecified atom stereocenters. The van der Waals surface area contributed by atoms with Crippen molar-refractivity contribution in [2.45, 2.75) is 19.4 Å². The molecule has 2 heterocycles. The van der Waals surface area contributed by atoms with Crippen molar-refractivity contribution < 1.29 is 9.59 Å². The van der Waals surface area contributed by atoms with E-state index in [0.717, 1.165) is 13.0 Å². The van der Waals surface area contributed by atoms with Crippen LogP contribution in [-0.2, 0) is 11.3 Å². The Morgan fingerprint density at radius 1 is 1.53 bits per heavy atom. The van der Waals surface area contributed by atoms with Gasteiger partial charge in [-0.3, -0.25) is 15.0 Å². The molecule has 1 aliphatic heterocycles. The summed E-state index contributed by atoms with van der Waals surface area (Å²) in [5, 5.41) is 7.45. The van der Waals surface area contributed by atoms with Gasteiger partial charge in [0.05, 0.1) is 12.7 Å². The quantitative estimate of drug-likeness (QED) is 0.377. The zero-order valence-electron chi connectivity index (χ0n) is 9.30. The van der Waals surface area contributed by atoms with Crippen LogP contribution in [0, 0.1) is 0 Å². The number of nitrogens with one attached hydrogen (secondary N) is 1. The van der Waals surface area contributed by atoms with Crippen molar-refractivity contribution in [3.63, 3.8) is 0 Å². The number of likely N-dealkylation sites (tertiary alicyclic amines) is 1. The molecule has 0 atom stereocenters. The smallest absolute Gasteiger partial charge is 0.287 e. The summed E-state index contributed by atoms with van der Waals surface area (Å²) in [7, 11) is 0. The lowest BCUT2D eigenvalue weighted by Gasteiger charge is -2.14. The standard InChI is InChI=1S/C9H14N6O2/c10-11-9(17)7-6-15(13-12-7)5-4-14-3-1-2-8(14)16/h6H,1-5,10H2,(H,11,17). The SMILES string of the molecule is NNC(=O)c1cn(CCN2CCCC2=O)nn1. The van der Waals surface area contributed by atoms with E-state index in [2.05, 4.69) is 10.3 Å². The molecule has 1 aliphatic rings. The number of hydrazine groups is 1. The molecule has 3 N–H and O–H groups in total. The Morgan fingerprint density at radius 2 is 2.35 bits per heavy atom. The minimum Gasteiger partial charge on any atom is -0.341 e. The molecule has 1 saturated heterocycles. The van der Waals surface area contributed by atoms with E-state index in [1.54, 1.807) is 4.90 Å². The summed E-state index contributed by atoms with van der Waals surface area (Å²) in [6, 6.07) is 0. The summed E-state index contributed by atoms with van der Waals surface area (Å²) < 4.78 is 1.52. The van der Waals surface area contributed by atoms with Gasteiger partial charge in [-0.05, 0) is 6.42 Å². The molecular weight excluding hydrogens is 224 g/mol. The Bertz CT molecular complexity index is 429. The molecule has 0 saturated carbocycles. The first kappa shape index (κ1) is 11.5. The monoisotopic (exact) mass is 238 g/mol. The third-order valence-electron chi connectivity index (χ3n) is 2.67. The summed E-state index contributed by atoms with van der Waals surface area (Å²) in [6.07, 6.45) is 3.04. The number of nitrogens with zero attached hydrogens (tertiary/aromatic N) is 4. The van der Waals surface area contributed by atoms with Crippen LogP contribution in [0.15, 0.2) is 6.20 Å². The van der Waals surface area contributed by atoms with E-state index in [0.29, 0.717) is 19.5 Å². The number of amides is 2. The van der Waals surface area contributed by atoms with Crippen molar-refractivity contribution in [1.82, 2.24) is 25.3 Å². The lowest BCUT2D eigenvalue weighted by molar-refractivity contribution is -0.127. The van der Waals surface area contributed by atoms with Gasteiger partial charge in [0.2, 0.25) is 5.91 Å². The zero-order chi connectivity index (χ0) is 12.3. The number of hydrogen-bond donors (Lipinski definition) is 2. The second-order valence-corrected chi connectivity index (χ2v) is 3.82. The molecule has 0 spiro atoms.